The summed E-state index contributed by atoms with van der Waals surface area (Å²) in [6.45, 7) is 1.56. The lowest BCUT2D eigenvalue weighted by Gasteiger charge is -2.06. The first-order chi connectivity index (χ1) is 9.13. The van der Waals surface area contributed by atoms with Crippen LogP contribution in [-0.2, 0) is 11.3 Å². The summed E-state index contributed by atoms with van der Waals surface area (Å²) >= 11 is 3.19. The van der Waals surface area contributed by atoms with Crippen LogP contribution in [0.2, 0.25) is 0 Å². The summed E-state index contributed by atoms with van der Waals surface area (Å²) in [6, 6.07) is 3.13. The van der Waals surface area contributed by atoms with E-state index in [0.717, 1.165) is 37.9 Å². The van der Waals surface area contributed by atoms with Crippen LogP contribution in [0.4, 0.5) is 10.3 Å². The Bertz CT molecular complexity index is 571. The number of benzene rings is 1. The number of aromatic nitrogens is 2. The van der Waals surface area contributed by atoms with Crippen LogP contribution in [0.25, 0.3) is 11.0 Å². The Labute approximate surface area is 119 Å². The van der Waals surface area contributed by atoms with Gasteiger partial charge in [0.15, 0.2) is 0 Å². The second-order valence-electron chi connectivity index (χ2n) is 4.43. The molecule has 0 radical (unpaired) electrons. The normalized spacial score (nSPS) is 11.3. The van der Waals surface area contributed by atoms with Crippen LogP contribution in [0.5, 0.6) is 0 Å². The van der Waals surface area contributed by atoms with Gasteiger partial charge in [-0.3, -0.25) is 0 Å². The van der Waals surface area contributed by atoms with Gasteiger partial charge in [0.2, 0.25) is 5.95 Å². The van der Waals surface area contributed by atoms with Crippen molar-refractivity contribution >= 4 is 32.9 Å². The molecule has 0 bridgehead atoms. The fourth-order valence-corrected chi connectivity index (χ4v) is 2.40. The molecule has 104 valence electrons. The average molecular weight is 330 g/mol. The van der Waals surface area contributed by atoms with E-state index in [9.17, 15) is 4.39 Å². The highest BCUT2D eigenvalue weighted by Gasteiger charge is 2.11. The second-order valence-corrected chi connectivity index (χ2v) is 5.28. The van der Waals surface area contributed by atoms with Gasteiger partial charge in [-0.1, -0.05) is 0 Å². The molecule has 1 heterocycles. The standard InChI is InChI=1S/C13H17BrFN3O/c1-19-6-4-2-3-5-18-12-7-9(14)10(15)8-11(12)17-13(18)16/h7-8H,2-6H2,1H3,(H2,16,17). The zero-order valence-corrected chi connectivity index (χ0v) is 12.4. The van der Waals surface area contributed by atoms with Crippen LogP contribution in [0.3, 0.4) is 0 Å². The summed E-state index contributed by atoms with van der Waals surface area (Å²) in [5, 5.41) is 0. The van der Waals surface area contributed by atoms with Gasteiger partial charge < -0.3 is 15.0 Å². The minimum absolute atomic E-state index is 0.322. The van der Waals surface area contributed by atoms with Crippen LogP contribution in [0.1, 0.15) is 19.3 Å². The number of halogens is 2. The number of hydrogen-bond acceptors (Lipinski definition) is 3. The molecule has 2 aromatic rings. The van der Waals surface area contributed by atoms with Crippen LogP contribution >= 0.6 is 15.9 Å². The van der Waals surface area contributed by atoms with E-state index in [1.54, 1.807) is 13.2 Å². The maximum atomic E-state index is 13.4. The molecule has 4 nitrogen and oxygen atoms in total. The number of aryl methyl sites for hydroxylation is 1. The van der Waals surface area contributed by atoms with E-state index in [0.29, 0.717) is 15.9 Å². The number of nitrogen functional groups attached to an aromatic ring is 1. The van der Waals surface area contributed by atoms with Crippen molar-refractivity contribution in [3.63, 3.8) is 0 Å². The molecule has 0 unspecified atom stereocenters. The summed E-state index contributed by atoms with van der Waals surface area (Å²) in [5.41, 5.74) is 7.34. The van der Waals surface area contributed by atoms with E-state index in [-0.39, 0.29) is 5.82 Å². The van der Waals surface area contributed by atoms with Crippen molar-refractivity contribution in [3.05, 3.63) is 22.4 Å². The SMILES string of the molecule is COCCCCCn1c(N)nc2cc(F)c(Br)cc21. The maximum absolute atomic E-state index is 13.4. The van der Waals surface area contributed by atoms with Crippen molar-refractivity contribution in [2.75, 3.05) is 19.5 Å². The number of rotatable bonds is 6. The summed E-state index contributed by atoms with van der Waals surface area (Å²) in [4.78, 5) is 4.19. The summed E-state index contributed by atoms with van der Waals surface area (Å²) in [5.74, 6) is 0.108. The first-order valence-corrected chi connectivity index (χ1v) is 7.02. The van der Waals surface area contributed by atoms with E-state index < -0.39 is 0 Å². The number of unbranched alkanes of at least 4 members (excludes halogenated alkanes) is 2. The number of methoxy groups -OCH3 is 1. The molecule has 0 aliphatic carbocycles. The Morgan fingerprint density at radius 2 is 2.16 bits per heavy atom. The molecule has 0 saturated carbocycles. The number of anilines is 1. The van der Waals surface area contributed by atoms with Gasteiger partial charge in [0.05, 0.1) is 15.5 Å². The number of nitrogens with two attached hydrogens (primary N) is 1. The summed E-state index contributed by atoms with van der Waals surface area (Å²) in [7, 11) is 1.70. The zero-order valence-electron chi connectivity index (χ0n) is 10.8. The van der Waals surface area contributed by atoms with Crippen molar-refractivity contribution in [1.29, 1.82) is 0 Å². The minimum Gasteiger partial charge on any atom is -0.385 e. The fraction of sp³-hybridized carbons (Fsp3) is 0.462. The number of hydrogen-bond donors (Lipinski definition) is 1. The minimum atomic E-state index is -0.322. The molecule has 19 heavy (non-hydrogen) atoms. The molecule has 2 N–H and O–H groups in total. The van der Waals surface area contributed by atoms with E-state index in [4.69, 9.17) is 10.5 Å². The topological polar surface area (TPSA) is 53.1 Å². The van der Waals surface area contributed by atoms with E-state index in [1.165, 1.54) is 6.07 Å². The van der Waals surface area contributed by atoms with Crippen LogP contribution in [-0.4, -0.2) is 23.3 Å². The lowest BCUT2D eigenvalue weighted by molar-refractivity contribution is 0.191. The largest absolute Gasteiger partial charge is 0.385 e. The van der Waals surface area contributed by atoms with Gasteiger partial charge in [0, 0.05) is 26.3 Å². The highest BCUT2D eigenvalue weighted by Crippen LogP contribution is 2.25. The van der Waals surface area contributed by atoms with Crippen molar-refractivity contribution in [2.45, 2.75) is 25.8 Å². The third kappa shape index (κ3) is 3.25. The van der Waals surface area contributed by atoms with Crippen LogP contribution in [0.15, 0.2) is 16.6 Å². The number of ether oxygens (including phenoxy) is 1. The Morgan fingerprint density at radius 1 is 1.37 bits per heavy atom. The zero-order chi connectivity index (χ0) is 13.8. The Balaban J connectivity index is 2.13. The van der Waals surface area contributed by atoms with Gasteiger partial charge >= 0.3 is 0 Å². The van der Waals surface area contributed by atoms with Gasteiger partial charge in [-0.15, -0.1) is 0 Å². The molecule has 1 aromatic heterocycles. The van der Waals surface area contributed by atoms with Crippen molar-refractivity contribution < 1.29 is 9.13 Å². The van der Waals surface area contributed by atoms with E-state index >= 15 is 0 Å². The smallest absolute Gasteiger partial charge is 0.201 e. The number of imidazole rings is 1. The predicted molar refractivity (Wildman–Crippen MR) is 77.5 cm³/mol. The first-order valence-electron chi connectivity index (χ1n) is 6.23. The van der Waals surface area contributed by atoms with Gasteiger partial charge in [0.25, 0.3) is 0 Å². The molecule has 2 rings (SSSR count). The van der Waals surface area contributed by atoms with E-state index in [1.807, 2.05) is 4.57 Å². The monoisotopic (exact) mass is 329 g/mol. The van der Waals surface area contributed by atoms with Gasteiger partial charge in [-0.2, -0.15) is 0 Å². The molecule has 0 aliphatic rings. The number of fused-ring (bicyclic) bond motifs is 1. The second kappa shape index (κ2) is 6.34. The third-order valence-corrected chi connectivity index (χ3v) is 3.66. The van der Waals surface area contributed by atoms with Gasteiger partial charge in [-0.25, -0.2) is 9.37 Å². The third-order valence-electron chi connectivity index (χ3n) is 3.05. The average Bonchev–Trinajstić information content (AvgIpc) is 2.66. The molecule has 0 fully saturated rings. The molecule has 0 atom stereocenters. The van der Waals surface area contributed by atoms with Gasteiger partial charge in [0.1, 0.15) is 5.82 Å². The van der Waals surface area contributed by atoms with Crippen LogP contribution < -0.4 is 5.73 Å². The number of nitrogens with zero attached hydrogens (tertiary/aromatic N) is 2. The van der Waals surface area contributed by atoms with Gasteiger partial charge in [-0.05, 0) is 41.3 Å². The fourth-order valence-electron chi connectivity index (χ4n) is 2.07. The molecular weight excluding hydrogens is 313 g/mol. The lowest BCUT2D eigenvalue weighted by Crippen LogP contribution is -2.04. The summed E-state index contributed by atoms with van der Waals surface area (Å²) < 4.78 is 20.8. The molecule has 0 spiro atoms. The van der Waals surface area contributed by atoms with Crippen molar-refractivity contribution in [1.82, 2.24) is 9.55 Å². The first kappa shape index (κ1) is 14.3. The molecule has 0 aliphatic heterocycles. The van der Waals surface area contributed by atoms with Crippen LogP contribution in [0, 0.1) is 5.82 Å². The Hall–Kier alpha value is -1.14. The molecule has 0 amide bonds. The highest BCUT2D eigenvalue weighted by molar-refractivity contribution is 9.10. The highest BCUT2D eigenvalue weighted by atomic mass is 79.9. The Kier molecular flexibility index (Phi) is 4.76. The molecule has 0 saturated heterocycles. The Morgan fingerprint density at radius 3 is 2.89 bits per heavy atom. The molecule has 6 heteroatoms. The predicted octanol–water partition coefficient (Wildman–Crippen LogP) is 3.34. The quantitative estimate of drug-likeness (QED) is 0.827. The summed E-state index contributed by atoms with van der Waals surface area (Å²) in [6.07, 6.45) is 3.09. The maximum Gasteiger partial charge on any atom is 0.201 e. The van der Waals surface area contributed by atoms with E-state index in [2.05, 4.69) is 20.9 Å². The van der Waals surface area contributed by atoms with Crippen molar-refractivity contribution in [2.24, 2.45) is 0 Å². The molecular formula is C13H17BrFN3O. The lowest BCUT2D eigenvalue weighted by atomic mass is 10.2. The van der Waals surface area contributed by atoms with Crippen molar-refractivity contribution in [3.8, 4) is 0 Å². The molecule has 1 aromatic carbocycles.